The Balaban J connectivity index is 1.85. The fourth-order valence-corrected chi connectivity index (χ4v) is 3.23. The smallest absolute Gasteiger partial charge is 0.251 e. The third-order valence-corrected chi connectivity index (χ3v) is 4.75. The number of hydrogen-bond donors (Lipinski definition) is 2. The quantitative estimate of drug-likeness (QED) is 0.692. The molecule has 2 rings (SSSR count). The molecule has 0 heterocycles. The summed E-state index contributed by atoms with van der Waals surface area (Å²) in [5.74, 6) is 0.523. The van der Waals surface area contributed by atoms with Crippen molar-refractivity contribution in [1.82, 2.24) is 5.32 Å². The predicted molar refractivity (Wildman–Crippen MR) is 113 cm³/mol. The van der Waals surface area contributed by atoms with Crippen molar-refractivity contribution in [3.8, 4) is 5.75 Å². The second kappa shape index (κ2) is 8.65. The van der Waals surface area contributed by atoms with E-state index in [1.165, 1.54) is 5.56 Å². The molecule has 0 aliphatic heterocycles. The van der Waals surface area contributed by atoms with Crippen molar-refractivity contribution in [2.45, 2.75) is 33.1 Å². The van der Waals surface area contributed by atoms with E-state index in [9.17, 15) is 13.2 Å². The molecule has 0 bridgehead atoms. The molecule has 0 unspecified atom stereocenters. The highest BCUT2D eigenvalue weighted by molar-refractivity contribution is 7.92. The summed E-state index contributed by atoms with van der Waals surface area (Å²) < 4.78 is 30.7. The van der Waals surface area contributed by atoms with Gasteiger partial charge in [0, 0.05) is 5.56 Å². The van der Waals surface area contributed by atoms with E-state index in [-0.39, 0.29) is 11.3 Å². The zero-order valence-electron chi connectivity index (χ0n) is 17.0. The van der Waals surface area contributed by atoms with Crippen LogP contribution in [0.3, 0.4) is 0 Å². The predicted octanol–water partition coefficient (Wildman–Crippen LogP) is 3.47. The molecule has 2 aromatic carbocycles. The number of ether oxygens (including phenoxy) is 1. The Morgan fingerprint density at radius 3 is 2.25 bits per heavy atom. The van der Waals surface area contributed by atoms with Crippen molar-refractivity contribution in [3.63, 3.8) is 0 Å². The minimum Gasteiger partial charge on any atom is -0.492 e. The van der Waals surface area contributed by atoms with Gasteiger partial charge in [0.05, 0.1) is 18.5 Å². The fourth-order valence-electron chi connectivity index (χ4n) is 2.61. The van der Waals surface area contributed by atoms with Gasteiger partial charge in [0.15, 0.2) is 0 Å². The van der Waals surface area contributed by atoms with Gasteiger partial charge in [-0.1, -0.05) is 32.9 Å². The number of amides is 1. The second-order valence-corrected chi connectivity index (χ2v) is 9.53. The number of benzene rings is 2. The van der Waals surface area contributed by atoms with Crippen LogP contribution in [0.5, 0.6) is 5.75 Å². The molecule has 0 radical (unpaired) electrons. The number of carbonyl (C=O) groups excluding carboxylic acids is 1. The molecule has 28 heavy (non-hydrogen) atoms. The van der Waals surface area contributed by atoms with E-state index in [1.807, 2.05) is 24.3 Å². The van der Waals surface area contributed by atoms with Crippen LogP contribution in [0, 0.1) is 6.92 Å². The molecule has 7 heteroatoms. The largest absolute Gasteiger partial charge is 0.492 e. The number of anilines is 1. The lowest BCUT2D eigenvalue weighted by atomic mass is 9.87. The zero-order chi connectivity index (χ0) is 20.9. The Labute approximate surface area is 167 Å². The molecule has 0 fully saturated rings. The van der Waals surface area contributed by atoms with Crippen molar-refractivity contribution >= 4 is 21.6 Å². The van der Waals surface area contributed by atoms with Gasteiger partial charge in [-0.05, 0) is 53.8 Å². The first kappa shape index (κ1) is 21.8. The van der Waals surface area contributed by atoms with Crippen LogP contribution in [0.15, 0.2) is 42.5 Å². The third kappa shape index (κ3) is 6.56. The minimum atomic E-state index is -3.35. The average Bonchev–Trinajstić information content (AvgIpc) is 2.59. The molecule has 6 nitrogen and oxygen atoms in total. The van der Waals surface area contributed by atoms with Crippen molar-refractivity contribution < 1.29 is 17.9 Å². The van der Waals surface area contributed by atoms with Gasteiger partial charge in [-0.3, -0.25) is 9.52 Å². The maximum atomic E-state index is 12.3. The van der Waals surface area contributed by atoms with Gasteiger partial charge < -0.3 is 10.1 Å². The Morgan fingerprint density at radius 1 is 1.07 bits per heavy atom. The van der Waals surface area contributed by atoms with Crippen LogP contribution in [-0.2, 0) is 15.4 Å². The lowest BCUT2D eigenvalue weighted by molar-refractivity contribution is 0.0947. The molecule has 152 valence electrons. The van der Waals surface area contributed by atoms with Crippen LogP contribution < -0.4 is 14.8 Å². The van der Waals surface area contributed by atoms with E-state index in [0.717, 1.165) is 12.0 Å². The second-order valence-electron chi connectivity index (χ2n) is 7.78. The first-order chi connectivity index (χ1) is 13.0. The monoisotopic (exact) mass is 404 g/mol. The van der Waals surface area contributed by atoms with E-state index < -0.39 is 10.0 Å². The van der Waals surface area contributed by atoms with Gasteiger partial charge in [-0.15, -0.1) is 0 Å². The van der Waals surface area contributed by atoms with Gasteiger partial charge in [-0.2, -0.15) is 0 Å². The molecule has 0 spiro atoms. The molecular formula is C21H28N2O4S. The highest BCUT2D eigenvalue weighted by Crippen LogP contribution is 2.24. The summed E-state index contributed by atoms with van der Waals surface area (Å²) in [6, 6.07) is 12.8. The number of aryl methyl sites for hydroxylation is 1. The van der Waals surface area contributed by atoms with E-state index in [1.54, 1.807) is 25.1 Å². The number of nitrogens with one attached hydrogen (secondary N) is 2. The fraction of sp³-hybridized carbons (Fsp3) is 0.381. The van der Waals surface area contributed by atoms with Gasteiger partial charge >= 0.3 is 0 Å². The maximum Gasteiger partial charge on any atom is 0.251 e. The van der Waals surface area contributed by atoms with Crippen LogP contribution in [0.1, 0.15) is 42.3 Å². The lowest BCUT2D eigenvalue weighted by Gasteiger charge is -2.19. The Bertz CT molecular complexity index is 930. The SMILES string of the molecule is Cc1cc(C(=O)NCCOc2ccc(C(C)(C)C)cc2)ccc1NS(C)(=O)=O. The summed E-state index contributed by atoms with van der Waals surface area (Å²) in [6.07, 6.45) is 1.09. The van der Waals surface area contributed by atoms with Crippen molar-refractivity contribution in [2.75, 3.05) is 24.1 Å². The topological polar surface area (TPSA) is 84.5 Å². The lowest BCUT2D eigenvalue weighted by Crippen LogP contribution is -2.28. The van der Waals surface area contributed by atoms with Crippen LogP contribution >= 0.6 is 0 Å². The number of rotatable bonds is 7. The van der Waals surface area contributed by atoms with Crippen molar-refractivity contribution in [1.29, 1.82) is 0 Å². The molecule has 0 saturated heterocycles. The molecule has 1 amide bonds. The summed E-state index contributed by atoms with van der Waals surface area (Å²) in [5.41, 5.74) is 2.93. The van der Waals surface area contributed by atoms with E-state index >= 15 is 0 Å². The van der Waals surface area contributed by atoms with Gasteiger partial charge in [0.25, 0.3) is 5.91 Å². The zero-order valence-corrected chi connectivity index (χ0v) is 17.8. The van der Waals surface area contributed by atoms with Crippen molar-refractivity contribution in [3.05, 3.63) is 59.2 Å². The Kier molecular flexibility index (Phi) is 6.72. The van der Waals surface area contributed by atoms with Crippen LogP contribution in [0.4, 0.5) is 5.69 Å². The summed E-state index contributed by atoms with van der Waals surface area (Å²) in [4.78, 5) is 12.3. The first-order valence-corrected chi connectivity index (χ1v) is 10.9. The summed E-state index contributed by atoms with van der Waals surface area (Å²) in [7, 11) is -3.35. The maximum absolute atomic E-state index is 12.3. The first-order valence-electron chi connectivity index (χ1n) is 9.06. The molecule has 2 N–H and O–H groups in total. The molecule has 0 aliphatic carbocycles. The summed E-state index contributed by atoms with van der Waals surface area (Å²) in [6.45, 7) is 8.93. The Morgan fingerprint density at radius 2 is 1.71 bits per heavy atom. The van der Waals surface area contributed by atoms with E-state index in [2.05, 4.69) is 30.8 Å². The van der Waals surface area contributed by atoms with E-state index in [4.69, 9.17) is 4.74 Å². The molecule has 0 aliphatic rings. The van der Waals surface area contributed by atoms with Gasteiger partial charge in [0.2, 0.25) is 10.0 Å². The van der Waals surface area contributed by atoms with Crippen LogP contribution in [-0.4, -0.2) is 33.7 Å². The highest BCUT2D eigenvalue weighted by Gasteiger charge is 2.13. The number of hydrogen-bond acceptors (Lipinski definition) is 4. The highest BCUT2D eigenvalue weighted by atomic mass is 32.2. The van der Waals surface area contributed by atoms with Crippen LogP contribution in [0.2, 0.25) is 0 Å². The minimum absolute atomic E-state index is 0.0943. The Hall–Kier alpha value is -2.54. The van der Waals surface area contributed by atoms with Crippen molar-refractivity contribution in [2.24, 2.45) is 0 Å². The van der Waals surface area contributed by atoms with Gasteiger partial charge in [0.1, 0.15) is 12.4 Å². The molecule has 0 atom stereocenters. The average molecular weight is 405 g/mol. The van der Waals surface area contributed by atoms with E-state index in [0.29, 0.717) is 30.0 Å². The molecule has 2 aromatic rings. The number of sulfonamides is 1. The van der Waals surface area contributed by atoms with Crippen LogP contribution in [0.25, 0.3) is 0 Å². The molecular weight excluding hydrogens is 376 g/mol. The summed E-state index contributed by atoms with van der Waals surface area (Å²) >= 11 is 0. The normalized spacial score (nSPS) is 11.8. The standard InChI is InChI=1S/C21H28N2O4S/c1-15-14-16(6-11-19(15)23-28(5,25)26)20(24)22-12-13-27-18-9-7-17(8-10-18)21(2,3)4/h6-11,14,23H,12-13H2,1-5H3,(H,22,24). The number of carbonyl (C=O) groups is 1. The third-order valence-electron chi connectivity index (χ3n) is 4.16. The molecule has 0 saturated carbocycles. The molecule has 0 aromatic heterocycles. The summed E-state index contributed by atoms with van der Waals surface area (Å²) in [5, 5.41) is 2.80. The van der Waals surface area contributed by atoms with Gasteiger partial charge in [-0.25, -0.2) is 8.42 Å².